The zero-order valence-corrected chi connectivity index (χ0v) is 20.8. The fourth-order valence-electron chi connectivity index (χ4n) is 3.37. The van der Waals surface area contributed by atoms with Gasteiger partial charge >= 0.3 is 0 Å². The maximum Gasteiger partial charge on any atom is 0.200 e. The molecular weight excluding hydrogens is 448 g/mol. The van der Waals surface area contributed by atoms with Crippen LogP contribution in [0.15, 0.2) is 57.9 Å². The number of hydrogen-bond donors (Lipinski definition) is 4. The van der Waals surface area contributed by atoms with Crippen LogP contribution >= 0.6 is 0 Å². The highest BCUT2D eigenvalue weighted by molar-refractivity contribution is 5.82. The first-order valence-electron chi connectivity index (χ1n) is 12.0. The van der Waals surface area contributed by atoms with E-state index in [9.17, 15) is 15.0 Å². The predicted octanol–water partition coefficient (Wildman–Crippen LogP) is 2.94. The molecule has 0 bridgehead atoms. The summed E-state index contributed by atoms with van der Waals surface area (Å²) in [5.74, 6) is 1.12. The molecule has 2 unspecified atom stereocenters. The molecule has 1 heterocycles. The standard InChI is InChI=1S/C27H36N2O6/c1-17(2)28-12-20(30)14-33-22-7-5-19(6-8-22)25-16-35-26-11-23(9-10-24(26)27(25)32)34-15-21(31)13-29-18(3)4/h5-11,16-18,20-21,28-31H,12-15H2,1-4H3. The molecule has 35 heavy (non-hydrogen) atoms. The second-order valence-electron chi connectivity index (χ2n) is 9.22. The van der Waals surface area contributed by atoms with Crippen molar-refractivity contribution >= 4 is 11.0 Å². The van der Waals surface area contributed by atoms with E-state index in [2.05, 4.69) is 10.6 Å². The van der Waals surface area contributed by atoms with Crippen molar-refractivity contribution in [2.75, 3.05) is 26.3 Å². The Hall–Kier alpha value is -2.91. The van der Waals surface area contributed by atoms with Crippen LogP contribution in [-0.4, -0.2) is 60.8 Å². The zero-order chi connectivity index (χ0) is 25.4. The van der Waals surface area contributed by atoms with Gasteiger partial charge in [-0.2, -0.15) is 0 Å². The van der Waals surface area contributed by atoms with Crippen molar-refractivity contribution in [2.45, 2.75) is 52.0 Å². The summed E-state index contributed by atoms with van der Waals surface area (Å²) in [6.45, 7) is 9.24. The Morgan fingerprint density at radius 1 is 0.829 bits per heavy atom. The number of rotatable bonds is 13. The molecule has 4 N–H and O–H groups in total. The molecule has 3 aromatic rings. The van der Waals surface area contributed by atoms with Gasteiger partial charge < -0.3 is 34.7 Å². The van der Waals surface area contributed by atoms with Crippen LogP contribution in [0.25, 0.3) is 22.1 Å². The Bertz CT molecular complexity index is 1130. The molecule has 2 aromatic carbocycles. The number of hydrogen-bond acceptors (Lipinski definition) is 8. The van der Waals surface area contributed by atoms with E-state index in [1.165, 1.54) is 6.26 Å². The maximum atomic E-state index is 13.1. The lowest BCUT2D eigenvalue weighted by Gasteiger charge is -2.15. The van der Waals surface area contributed by atoms with Gasteiger partial charge in [0.25, 0.3) is 0 Å². The number of fused-ring (bicyclic) bond motifs is 1. The normalized spacial score (nSPS) is 13.4. The smallest absolute Gasteiger partial charge is 0.200 e. The topological polar surface area (TPSA) is 113 Å². The van der Waals surface area contributed by atoms with Crippen molar-refractivity contribution < 1.29 is 24.1 Å². The number of benzene rings is 2. The van der Waals surface area contributed by atoms with E-state index >= 15 is 0 Å². The van der Waals surface area contributed by atoms with Crippen LogP contribution in [0.1, 0.15) is 27.7 Å². The highest BCUT2D eigenvalue weighted by Gasteiger charge is 2.12. The molecule has 0 aliphatic heterocycles. The van der Waals surface area contributed by atoms with Gasteiger partial charge in [-0.15, -0.1) is 0 Å². The van der Waals surface area contributed by atoms with Gasteiger partial charge in [0, 0.05) is 31.2 Å². The number of aliphatic hydroxyl groups excluding tert-OH is 2. The monoisotopic (exact) mass is 484 g/mol. The molecule has 0 fully saturated rings. The lowest BCUT2D eigenvalue weighted by molar-refractivity contribution is 0.104. The summed E-state index contributed by atoms with van der Waals surface area (Å²) in [5.41, 5.74) is 1.41. The third kappa shape index (κ3) is 8.07. The Morgan fingerprint density at radius 2 is 1.37 bits per heavy atom. The molecule has 8 heteroatoms. The van der Waals surface area contributed by atoms with Gasteiger partial charge in [-0.05, 0) is 29.8 Å². The highest BCUT2D eigenvalue weighted by Crippen LogP contribution is 2.25. The van der Waals surface area contributed by atoms with Gasteiger partial charge in [-0.3, -0.25) is 4.79 Å². The molecule has 8 nitrogen and oxygen atoms in total. The number of nitrogens with one attached hydrogen (secondary N) is 2. The molecule has 0 amide bonds. The van der Waals surface area contributed by atoms with Crippen LogP contribution in [0.4, 0.5) is 0 Å². The van der Waals surface area contributed by atoms with Crippen molar-refractivity contribution in [2.24, 2.45) is 0 Å². The van der Waals surface area contributed by atoms with E-state index < -0.39 is 12.2 Å². The van der Waals surface area contributed by atoms with Crippen molar-refractivity contribution in [1.82, 2.24) is 10.6 Å². The molecule has 1 aromatic heterocycles. The highest BCUT2D eigenvalue weighted by atomic mass is 16.5. The second-order valence-corrected chi connectivity index (χ2v) is 9.22. The summed E-state index contributed by atoms with van der Waals surface area (Å²) in [7, 11) is 0. The second kappa shape index (κ2) is 12.7. The lowest BCUT2D eigenvalue weighted by Crippen LogP contribution is -2.35. The van der Waals surface area contributed by atoms with Gasteiger partial charge in [-0.25, -0.2) is 0 Å². The van der Waals surface area contributed by atoms with Gasteiger partial charge in [0.05, 0.1) is 10.9 Å². The van der Waals surface area contributed by atoms with Crippen molar-refractivity contribution in [1.29, 1.82) is 0 Å². The number of aliphatic hydroxyl groups is 2. The van der Waals surface area contributed by atoms with Crippen LogP contribution in [0, 0.1) is 0 Å². The third-order valence-electron chi connectivity index (χ3n) is 5.32. The summed E-state index contributed by atoms with van der Waals surface area (Å²) in [6, 6.07) is 12.7. The summed E-state index contributed by atoms with van der Waals surface area (Å²) in [5, 5.41) is 26.8. The van der Waals surface area contributed by atoms with Crippen LogP contribution < -0.4 is 25.5 Å². The molecule has 0 aliphatic rings. The minimum Gasteiger partial charge on any atom is -0.491 e. The molecule has 190 valence electrons. The summed E-state index contributed by atoms with van der Waals surface area (Å²) < 4.78 is 17.0. The molecule has 0 spiro atoms. The van der Waals surface area contributed by atoms with Crippen LogP contribution in [-0.2, 0) is 0 Å². The van der Waals surface area contributed by atoms with Gasteiger partial charge in [0.1, 0.15) is 48.8 Å². The summed E-state index contributed by atoms with van der Waals surface area (Å²) in [6.07, 6.45) is 0.181. The molecule has 2 atom stereocenters. The Balaban J connectivity index is 1.64. The quantitative estimate of drug-likeness (QED) is 0.293. The Kier molecular flexibility index (Phi) is 9.68. The molecule has 0 saturated carbocycles. The minimum atomic E-state index is -0.644. The van der Waals surface area contributed by atoms with Crippen molar-refractivity contribution in [3.8, 4) is 22.6 Å². The fourth-order valence-corrected chi connectivity index (χ4v) is 3.37. The van der Waals surface area contributed by atoms with E-state index in [0.717, 1.165) is 0 Å². The largest absolute Gasteiger partial charge is 0.491 e. The third-order valence-corrected chi connectivity index (χ3v) is 5.32. The van der Waals surface area contributed by atoms with Crippen molar-refractivity contribution in [3.63, 3.8) is 0 Å². The number of ether oxygens (including phenoxy) is 2. The zero-order valence-electron chi connectivity index (χ0n) is 20.8. The lowest BCUT2D eigenvalue weighted by atomic mass is 10.1. The van der Waals surface area contributed by atoms with Crippen LogP contribution in [0.5, 0.6) is 11.5 Å². The SMILES string of the molecule is CC(C)NCC(O)COc1ccc(-c2coc3cc(OCC(O)CNC(C)C)ccc3c2=O)cc1. The summed E-state index contributed by atoms with van der Waals surface area (Å²) >= 11 is 0. The Morgan fingerprint density at radius 3 is 1.94 bits per heavy atom. The Labute approximate surface area is 205 Å². The first kappa shape index (κ1) is 26.7. The van der Waals surface area contributed by atoms with E-state index in [0.29, 0.717) is 52.7 Å². The maximum absolute atomic E-state index is 13.1. The predicted molar refractivity (Wildman–Crippen MR) is 137 cm³/mol. The molecule has 0 radical (unpaired) electrons. The fraction of sp³-hybridized carbons (Fsp3) is 0.444. The van der Waals surface area contributed by atoms with Crippen LogP contribution in [0.3, 0.4) is 0 Å². The van der Waals surface area contributed by atoms with Gasteiger partial charge in [0.15, 0.2) is 5.43 Å². The summed E-state index contributed by atoms with van der Waals surface area (Å²) in [4.78, 5) is 13.1. The van der Waals surface area contributed by atoms with Crippen LogP contribution in [0.2, 0.25) is 0 Å². The first-order chi connectivity index (χ1) is 16.7. The van der Waals surface area contributed by atoms with E-state index in [1.807, 2.05) is 27.7 Å². The first-order valence-corrected chi connectivity index (χ1v) is 12.0. The molecule has 3 rings (SSSR count). The van der Waals surface area contributed by atoms with Gasteiger partial charge in [-0.1, -0.05) is 39.8 Å². The van der Waals surface area contributed by atoms with E-state index in [-0.39, 0.29) is 24.7 Å². The van der Waals surface area contributed by atoms with E-state index in [1.54, 1.807) is 42.5 Å². The molecule has 0 saturated heterocycles. The minimum absolute atomic E-state index is 0.132. The molecule has 0 aliphatic carbocycles. The van der Waals surface area contributed by atoms with E-state index in [4.69, 9.17) is 13.9 Å². The molecular formula is C27H36N2O6. The average Bonchev–Trinajstić information content (AvgIpc) is 2.84. The van der Waals surface area contributed by atoms with Gasteiger partial charge in [0.2, 0.25) is 0 Å². The van der Waals surface area contributed by atoms with Crippen molar-refractivity contribution in [3.05, 3.63) is 59.0 Å². The average molecular weight is 485 g/mol.